The Balaban J connectivity index is 1.53. The van der Waals surface area contributed by atoms with Crippen LogP contribution in [0, 0.1) is 6.92 Å². The molecule has 0 radical (unpaired) electrons. The summed E-state index contributed by atoms with van der Waals surface area (Å²) in [6.45, 7) is 5.44. The van der Waals surface area contributed by atoms with Crippen molar-refractivity contribution in [3.8, 4) is 0 Å². The van der Waals surface area contributed by atoms with Gasteiger partial charge in [-0.3, -0.25) is 4.68 Å². The number of hydrogen-bond donors (Lipinski definition) is 0. The summed E-state index contributed by atoms with van der Waals surface area (Å²) < 4.78 is 4.22. The van der Waals surface area contributed by atoms with Crippen LogP contribution in [-0.4, -0.2) is 43.9 Å². The van der Waals surface area contributed by atoms with Gasteiger partial charge in [0.15, 0.2) is 0 Å². The Hall–Kier alpha value is -1.62. The van der Waals surface area contributed by atoms with Crippen LogP contribution in [0.15, 0.2) is 24.8 Å². The van der Waals surface area contributed by atoms with Crippen molar-refractivity contribution in [3.63, 3.8) is 0 Å². The van der Waals surface area contributed by atoms with Gasteiger partial charge in [0.1, 0.15) is 5.82 Å². The van der Waals surface area contributed by atoms with Crippen molar-refractivity contribution in [1.82, 2.24) is 24.2 Å². The molecule has 0 aliphatic carbocycles. The summed E-state index contributed by atoms with van der Waals surface area (Å²) >= 11 is 0. The maximum atomic E-state index is 4.43. The first-order valence-corrected chi connectivity index (χ1v) is 6.91. The predicted octanol–water partition coefficient (Wildman–Crippen LogP) is 1.41. The average Bonchev–Trinajstić information content (AvgIpc) is 3.08. The summed E-state index contributed by atoms with van der Waals surface area (Å²) in [5, 5.41) is 4.43. The lowest BCUT2D eigenvalue weighted by atomic mass is 10.3. The van der Waals surface area contributed by atoms with Gasteiger partial charge in [-0.25, -0.2) is 4.98 Å². The lowest BCUT2D eigenvalue weighted by Crippen LogP contribution is -2.25. The molecule has 2 aromatic heterocycles. The van der Waals surface area contributed by atoms with E-state index in [9.17, 15) is 0 Å². The number of rotatable bonds is 4. The maximum absolute atomic E-state index is 4.43. The van der Waals surface area contributed by atoms with Crippen LogP contribution in [0.1, 0.15) is 23.9 Å². The first kappa shape index (κ1) is 12.4. The minimum Gasteiger partial charge on any atom is -0.338 e. The zero-order valence-electron chi connectivity index (χ0n) is 11.7. The molecule has 3 heterocycles. The second kappa shape index (κ2) is 5.17. The summed E-state index contributed by atoms with van der Waals surface area (Å²) in [6.07, 6.45) is 10.2. The summed E-state index contributed by atoms with van der Waals surface area (Å²) in [6, 6.07) is 0.537. The number of aryl methyl sites for hydroxylation is 2. The van der Waals surface area contributed by atoms with Crippen molar-refractivity contribution >= 4 is 0 Å². The molecular weight excluding hydrogens is 238 g/mol. The maximum Gasteiger partial charge on any atom is 0.109 e. The average molecular weight is 259 g/mol. The third-order valence-corrected chi connectivity index (χ3v) is 3.92. The molecule has 1 aliphatic heterocycles. The first-order valence-electron chi connectivity index (χ1n) is 6.91. The van der Waals surface area contributed by atoms with Crippen molar-refractivity contribution in [1.29, 1.82) is 0 Å². The molecule has 0 saturated carbocycles. The fourth-order valence-electron chi connectivity index (χ4n) is 2.76. The van der Waals surface area contributed by atoms with E-state index in [4.69, 9.17) is 0 Å². The van der Waals surface area contributed by atoms with Gasteiger partial charge in [0.2, 0.25) is 0 Å². The molecule has 0 aromatic carbocycles. The number of imidazole rings is 1. The first-order chi connectivity index (χ1) is 9.22. The molecule has 0 bridgehead atoms. The molecule has 2 aromatic rings. The molecule has 1 fully saturated rings. The van der Waals surface area contributed by atoms with Crippen LogP contribution in [0.2, 0.25) is 0 Å². The van der Waals surface area contributed by atoms with Crippen molar-refractivity contribution in [2.45, 2.75) is 25.8 Å². The highest BCUT2D eigenvalue weighted by molar-refractivity contribution is 5.01. The molecule has 102 valence electrons. The molecule has 5 nitrogen and oxygen atoms in total. The van der Waals surface area contributed by atoms with E-state index >= 15 is 0 Å². The smallest absolute Gasteiger partial charge is 0.109 e. The van der Waals surface area contributed by atoms with Crippen molar-refractivity contribution in [3.05, 3.63) is 36.2 Å². The van der Waals surface area contributed by atoms with Gasteiger partial charge < -0.3 is 9.47 Å². The largest absolute Gasteiger partial charge is 0.338 e. The van der Waals surface area contributed by atoms with Gasteiger partial charge in [0, 0.05) is 51.7 Å². The van der Waals surface area contributed by atoms with Gasteiger partial charge >= 0.3 is 0 Å². The molecule has 1 atom stereocenters. The van der Waals surface area contributed by atoms with E-state index in [-0.39, 0.29) is 0 Å². The second-order valence-electron chi connectivity index (χ2n) is 5.45. The van der Waals surface area contributed by atoms with E-state index in [1.54, 1.807) is 0 Å². The van der Waals surface area contributed by atoms with E-state index < -0.39 is 0 Å². The molecule has 1 unspecified atom stereocenters. The number of likely N-dealkylation sites (tertiary alicyclic amines) is 1. The minimum absolute atomic E-state index is 0.537. The molecule has 1 aliphatic rings. The van der Waals surface area contributed by atoms with Crippen LogP contribution in [0.25, 0.3) is 0 Å². The Morgan fingerprint density at radius 1 is 1.42 bits per heavy atom. The van der Waals surface area contributed by atoms with Gasteiger partial charge in [-0.2, -0.15) is 5.10 Å². The fourth-order valence-corrected chi connectivity index (χ4v) is 2.76. The van der Waals surface area contributed by atoms with Crippen LogP contribution in [0.3, 0.4) is 0 Å². The number of nitrogens with zero attached hydrogens (tertiary/aromatic N) is 5. The molecule has 5 heteroatoms. The normalized spacial score (nSPS) is 20.2. The highest BCUT2D eigenvalue weighted by Crippen LogP contribution is 2.21. The van der Waals surface area contributed by atoms with Crippen molar-refractivity contribution < 1.29 is 0 Å². The van der Waals surface area contributed by atoms with Gasteiger partial charge in [-0.15, -0.1) is 0 Å². The molecule has 0 N–H and O–H groups in total. The van der Waals surface area contributed by atoms with E-state index in [2.05, 4.69) is 44.4 Å². The van der Waals surface area contributed by atoms with Crippen LogP contribution in [0.4, 0.5) is 0 Å². The third-order valence-electron chi connectivity index (χ3n) is 3.92. The van der Waals surface area contributed by atoms with Crippen LogP contribution in [0.5, 0.6) is 0 Å². The number of aromatic nitrogens is 4. The molecular formula is C14H21N5. The Morgan fingerprint density at radius 2 is 2.32 bits per heavy atom. The predicted molar refractivity (Wildman–Crippen MR) is 74.0 cm³/mol. The van der Waals surface area contributed by atoms with Crippen LogP contribution >= 0.6 is 0 Å². The highest BCUT2D eigenvalue weighted by atomic mass is 15.3. The summed E-state index contributed by atoms with van der Waals surface area (Å²) in [7, 11) is 2.06. The third kappa shape index (κ3) is 2.71. The molecule has 0 spiro atoms. The van der Waals surface area contributed by atoms with Crippen LogP contribution < -0.4 is 0 Å². The topological polar surface area (TPSA) is 38.9 Å². The summed E-state index contributed by atoms with van der Waals surface area (Å²) in [5.74, 6) is 1.17. The Kier molecular flexibility index (Phi) is 3.38. The lowest BCUT2D eigenvalue weighted by Gasteiger charge is -2.15. The lowest BCUT2D eigenvalue weighted by molar-refractivity contribution is 0.319. The van der Waals surface area contributed by atoms with Crippen LogP contribution in [-0.2, 0) is 13.5 Å². The molecule has 3 rings (SSSR count). The zero-order chi connectivity index (χ0) is 13.2. The number of hydrogen-bond acceptors (Lipinski definition) is 3. The van der Waals surface area contributed by atoms with Gasteiger partial charge in [-0.05, 0) is 18.9 Å². The van der Waals surface area contributed by atoms with E-state index in [0.29, 0.717) is 6.04 Å². The fraction of sp³-hybridized carbons (Fsp3) is 0.571. The standard InChI is InChI=1S/C14H21N5/c1-12-9-16-19(10-12)13-3-6-18(11-13)7-4-14-15-5-8-17(14)2/h5,8-10,13H,3-4,6-7,11H2,1-2H3. The molecule has 0 amide bonds. The summed E-state index contributed by atoms with van der Waals surface area (Å²) in [5.41, 5.74) is 1.24. The van der Waals surface area contributed by atoms with E-state index in [0.717, 1.165) is 26.1 Å². The second-order valence-corrected chi connectivity index (χ2v) is 5.45. The van der Waals surface area contributed by atoms with E-state index in [1.165, 1.54) is 17.8 Å². The van der Waals surface area contributed by atoms with Gasteiger partial charge in [0.25, 0.3) is 0 Å². The minimum atomic E-state index is 0.537. The summed E-state index contributed by atoms with van der Waals surface area (Å²) in [4.78, 5) is 6.89. The Labute approximate surface area is 113 Å². The highest BCUT2D eigenvalue weighted by Gasteiger charge is 2.24. The Bertz CT molecular complexity index is 542. The SMILES string of the molecule is Cc1cnn(C2CCN(CCc3nccn3C)C2)c1. The van der Waals surface area contributed by atoms with E-state index in [1.807, 2.05) is 18.6 Å². The molecule has 1 saturated heterocycles. The monoisotopic (exact) mass is 259 g/mol. The van der Waals surface area contributed by atoms with Gasteiger partial charge in [0.05, 0.1) is 12.2 Å². The van der Waals surface area contributed by atoms with Gasteiger partial charge in [-0.1, -0.05) is 0 Å². The van der Waals surface area contributed by atoms with Crippen molar-refractivity contribution in [2.24, 2.45) is 7.05 Å². The Morgan fingerprint density at radius 3 is 3.00 bits per heavy atom. The zero-order valence-corrected chi connectivity index (χ0v) is 11.7. The molecule has 19 heavy (non-hydrogen) atoms. The van der Waals surface area contributed by atoms with Crippen molar-refractivity contribution in [2.75, 3.05) is 19.6 Å². The quantitative estimate of drug-likeness (QED) is 0.833.